The molecule has 0 aliphatic heterocycles. The van der Waals surface area contributed by atoms with Gasteiger partial charge in [0, 0.05) is 11.7 Å². The summed E-state index contributed by atoms with van der Waals surface area (Å²) in [4.78, 5) is 12.6. The molecule has 6 nitrogen and oxygen atoms in total. The van der Waals surface area contributed by atoms with Crippen molar-refractivity contribution in [2.45, 2.75) is 33.2 Å². The molecule has 0 aromatic heterocycles. The summed E-state index contributed by atoms with van der Waals surface area (Å²) in [5, 5.41) is 2.87. The standard InChI is InChI=1S/C20H27N3O3S/c1-4-13-27(25,26)23-18-12-8-11-17(14(18)2)22-20(24)15(3)19(21)16-9-6-5-7-10-16/h5-12,15,19,23H,4,13,21H2,1-3H3,(H,22,24). The van der Waals surface area contributed by atoms with Crippen molar-refractivity contribution in [3.8, 4) is 0 Å². The average Bonchev–Trinajstić information content (AvgIpc) is 2.64. The zero-order valence-electron chi connectivity index (χ0n) is 15.9. The van der Waals surface area contributed by atoms with E-state index < -0.39 is 22.0 Å². The van der Waals surface area contributed by atoms with Crippen molar-refractivity contribution in [2.24, 2.45) is 11.7 Å². The minimum Gasteiger partial charge on any atom is -0.325 e. The van der Waals surface area contributed by atoms with Crippen LogP contribution in [0.2, 0.25) is 0 Å². The summed E-state index contributed by atoms with van der Waals surface area (Å²) in [7, 11) is -3.40. The van der Waals surface area contributed by atoms with Gasteiger partial charge in [-0.25, -0.2) is 8.42 Å². The molecule has 146 valence electrons. The van der Waals surface area contributed by atoms with E-state index in [9.17, 15) is 13.2 Å². The highest BCUT2D eigenvalue weighted by Crippen LogP contribution is 2.26. The molecule has 1 amide bonds. The third-order valence-electron chi connectivity index (χ3n) is 4.47. The van der Waals surface area contributed by atoms with Crippen molar-refractivity contribution in [3.05, 3.63) is 59.7 Å². The summed E-state index contributed by atoms with van der Waals surface area (Å²) in [5.41, 5.74) is 8.79. The summed E-state index contributed by atoms with van der Waals surface area (Å²) in [5.74, 6) is -0.623. The molecule has 27 heavy (non-hydrogen) atoms. The second-order valence-corrected chi connectivity index (χ2v) is 8.46. The summed E-state index contributed by atoms with van der Waals surface area (Å²) >= 11 is 0. The normalized spacial score (nSPS) is 13.6. The number of nitrogens with one attached hydrogen (secondary N) is 2. The fourth-order valence-corrected chi connectivity index (χ4v) is 3.94. The summed E-state index contributed by atoms with van der Waals surface area (Å²) in [6.07, 6.45) is 0.527. The Bertz CT molecular complexity index is 883. The molecule has 2 unspecified atom stereocenters. The fourth-order valence-electron chi connectivity index (χ4n) is 2.74. The number of hydrogen-bond acceptors (Lipinski definition) is 4. The van der Waals surface area contributed by atoms with Crippen LogP contribution in [-0.2, 0) is 14.8 Å². The van der Waals surface area contributed by atoms with Crippen molar-refractivity contribution in [1.29, 1.82) is 0 Å². The minimum atomic E-state index is -3.40. The van der Waals surface area contributed by atoms with Gasteiger partial charge in [-0.1, -0.05) is 50.2 Å². The predicted octanol–water partition coefficient (Wildman–Crippen LogP) is 3.42. The van der Waals surface area contributed by atoms with E-state index in [0.717, 1.165) is 5.56 Å². The maximum Gasteiger partial charge on any atom is 0.232 e. The van der Waals surface area contributed by atoms with Gasteiger partial charge in [0.15, 0.2) is 0 Å². The highest BCUT2D eigenvalue weighted by atomic mass is 32.2. The molecule has 7 heteroatoms. The van der Waals surface area contributed by atoms with Crippen LogP contribution in [0.4, 0.5) is 11.4 Å². The van der Waals surface area contributed by atoms with Crippen molar-refractivity contribution in [2.75, 3.05) is 15.8 Å². The largest absolute Gasteiger partial charge is 0.325 e. The van der Waals surface area contributed by atoms with Gasteiger partial charge in [-0.05, 0) is 36.6 Å². The monoisotopic (exact) mass is 389 g/mol. The fraction of sp³-hybridized carbons (Fsp3) is 0.350. The van der Waals surface area contributed by atoms with E-state index in [-0.39, 0.29) is 11.7 Å². The molecule has 0 spiro atoms. The van der Waals surface area contributed by atoms with Gasteiger partial charge in [-0.3, -0.25) is 9.52 Å². The zero-order valence-corrected chi connectivity index (χ0v) is 16.7. The number of hydrogen-bond donors (Lipinski definition) is 3. The van der Waals surface area contributed by atoms with Crippen LogP contribution in [0.5, 0.6) is 0 Å². The molecule has 2 atom stereocenters. The van der Waals surface area contributed by atoms with Crippen LogP contribution in [0, 0.1) is 12.8 Å². The van der Waals surface area contributed by atoms with Crippen molar-refractivity contribution in [1.82, 2.24) is 0 Å². The Morgan fingerprint density at radius 1 is 1.07 bits per heavy atom. The third-order valence-corrected chi connectivity index (χ3v) is 5.94. The number of anilines is 2. The van der Waals surface area contributed by atoms with Gasteiger partial charge in [0.1, 0.15) is 0 Å². The van der Waals surface area contributed by atoms with Crippen LogP contribution < -0.4 is 15.8 Å². The molecule has 4 N–H and O–H groups in total. The van der Waals surface area contributed by atoms with Gasteiger partial charge < -0.3 is 11.1 Å². The van der Waals surface area contributed by atoms with Gasteiger partial charge in [0.25, 0.3) is 0 Å². The number of rotatable bonds is 8. The minimum absolute atomic E-state index is 0.0476. The van der Waals surface area contributed by atoms with E-state index in [2.05, 4.69) is 10.0 Å². The van der Waals surface area contributed by atoms with Crippen molar-refractivity contribution >= 4 is 27.3 Å². The number of carbonyl (C=O) groups is 1. The van der Waals surface area contributed by atoms with Crippen LogP contribution in [0.25, 0.3) is 0 Å². The van der Waals surface area contributed by atoms with Gasteiger partial charge in [0.2, 0.25) is 15.9 Å². The molecule has 2 aromatic rings. The van der Waals surface area contributed by atoms with Gasteiger partial charge >= 0.3 is 0 Å². The van der Waals surface area contributed by atoms with E-state index in [0.29, 0.717) is 23.4 Å². The first kappa shape index (κ1) is 20.9. The number of benzene rings is 2. The lowest BCUT2D eigenvalue weighted by Gasteiger charge is -2.21. The first-order chi connectivity index (χ1) is 12.7. The van der Waals surface area contributed by atoms with Crippen LogP contribution in [0.15, 0.2) is 48.5 Å². The molecule has 0 bridgehead atoms. The predicted molar refractivity (Wildman–Crippen MR) is 110 cm³/mol. The van der Waals surface area contributed by atoms with E-state index in [1.54, 1.807) is 39.0 Å². The Morgan fingerprint density at radius 3 is 2.33 bits per heavy atom. The lowest BCUT2D eigenvalue weighted by Crippen LogP contribution is -2.30. The highest BCUT2D eigenvalue weighted by molar-refractivity contribution is 7.92. The van der Waals surface area contributed by atoms with Crippen LogP contribution >= 0.6 is 0 Å². The van der Waals surface area contributed by atoms with Gasteiger partial charge in [-0.15, -0.1) is 0 Å². The molecule has 0 heterocycles. The Hall–Kier alpha value is -2.38. The number of carbonyl (C=O) groups excluding carboxylic acids is 1. The smallest absolute Gasteiger partial charge is 0.232 e. The Balaban J connectivity index is 2.15. The first-order valence-corrected chi connectivity index (χ1v) is 10.6. The second kappa shape index (κ2) is 9.01. The highest BCUT2D eigenvalue weighted by Gasteiger charge is 2.23. The van der Waals surface area contributed by atoms with E-state index in [1.165, 1.54) is 0 Å². The molecular formula is C20H27N3O3S. The maximum atomic E-state index is 12.6. The van der Waals surface area contributed by atoms with E-state index in [4.69, 9.17) is 5.73 Å². The Morgan fingerprint density at radius 2 is 1.70 bits per heavy atom. The summed E-state index contributed by atoms with van der Waals surface area (Å²) in [6, 6.07) is 14.1. The molecule has 0 aliphatic carbocycles. The quantitative estimate of drug-likeness (QED) is 0.644. The second-order valence-electron chi connectivity index (χ2n) is 6.61. The van der Waals surface area contributed by atoms with Gasteiger partial charge in [0.05, 0.1) is 17.4 Å². The van der Waals surface area contributed by atoms with E-state index in [1.807, 2.05) is 30.3 Å². The molecular weight excluding hydrogens is 362 g/mol. The number of nitrogens with two attached hydrogens (primary N) is 1. The number of sulfonamides is 1. The number of amides is 1. The van der Waals surface area contributed by atoms with Crippen molar-refractivity contribution < 1.29 is 13.2 Å². The van der Waals surface area contributed by atoms with Crippen LogP contribution in [0.3, 0.4) is 0 Å². The van der Waals surface area contributed by atoms with Crippen molar-refractivity contribution in [3.63, 3.8) is 0 Å². The first-order valence-electron chi connectivity index (χ1n) is 8.96. The maximum absolute atomic E-state index is 12.6. The lowest BCUT2D eigenvalue weighted by molar-refractivity contribution is -0.120. The topological polar surface area (TPSA) is 101 Å². The molecule has 0 saturated carbocycles. The average molecular weight is 390 g/mol. The third kappa shape index (κ3) is 5.55. The Labute approximate surface area is 161 Å². The zero-order chi connectivity index (χ0) is 20.0. The molecule has 2 rings (SSSR count). The molecule has 0 radical (unpaired) electrons. The summed E-state index contributed by atoms with van der Waals surface area (Å²) < 4.78 is 26.6. The molecule has 2 aromatic carbocycles. The van der Waals surface area contributed by atoms with E-state index >= 15 is 0 Å². The molecule has 0 fully saturated rings. The summed E-state index contributed by atoms with van der Waals surface area (Å²) in [6.45, 7) is 5.34. The Kier molecular flexibility index (Phi) is 6.98. The SMILES string of the molecule is CCCS(=O)(=O)Nc1cccc(NC(=O)C(C)C(N)c2ccccc2)c1C. The molecule has 0 aliphatic rings. The van der Waals surface area contributed by atoms with Crippen LogP contribution in [-0.4, -0.2) is 20.1 Å². The molecule has 0 saturated heterocycles. The lowest BCUT2D eigenvalue weighted by atomic mass is 9.94. The van der Waals surface area contributed by atoms with Gasteiger partial charge in [-0.2, -0.15) is 0 Å². The van der Waals surface area contributed by atoms with Crippen LogP contribution in [0.1, 0.15) is 37.4 Å².